The van der Waals surface area contributed by atoms with Crippen LogP contribution in [-0.2, 0) is 20.7 Å². The summed E-state index contributed by atoms with van der Waals surface area (Å²) in [5.41, 5.74) is 4.05. The number of nitrogens with one attached hydrogen (secondary N) is 2. The Labute approximate surface area is 158 Å². The zero-order chi connectivity index (χ0) is 19.4. The van der Waals surface area contributed by atoms with E-state index in [0.717, 1.165) is 22.4 Å². The van der Waals surface area contributed by atoms with Crippen LogP contribution in [0.5, 0.6) is 5.75 Å². The van der Waals surface area contributed by atoms with Gasteiger partial charge in [0.1, 0.15) is 11.8 Å². The van der Waals surface area contributed by atoms with Crippen LogP contribution in [0.2, 0.25) is 0 Å². The predicted molar refractivity (Wildman–Crippen MR) is 103 cm³/mol. The molecule has 0 aromatic heterocycles. The number of para-hydroxylation sites is 1. The molecule has 27 heavy (non-hydrogen) atoms. The first-order chi connectivity index (χ1) is 13.0. The van der Waals surface area contributed by atoms with Crippen LogP contribution < -0.4 is 15.4 Å². The van der Waals surface area contributed by atoms with Gasteiger partial charge in [0.25, 0.3) is 0 Å². The highest BCUT2D eigenvalue weighted by Gasteiger charge is 2.30. The van der Waals surface area contributed by atoms with E-state index in [-0.39, 0.29) is 24.3 Å². The van der Waals surface area contributed by atoms with E-state index in [9.17, 15) is 9.59 Å². The number of aryl methyl sites for hydroxylation is 1. The molecule has 2 atom stereocenters. The van der Waals surface area contributed by atoms with Gasteiger partial charge in [0, 0.05) is 12.1 Å². The number of benzene rings is 2. The van der Waals surface area contributed by atoms with Crippen LogP contribution in [0.3, 0.4) is 0 Å². The number of fused-ring (bicyclic) bond motifs is 1. The molecule has 2 aromatic rings. The Balaban J connectivity index is 1.77. The largest absolute Gasteiger partial charge is 0.497 e. The molecule has 0 saturated carbocycles. The fourth-order valence-electron chi connectivity index (χ4n) is 3.34. The summed E-state index contributed by atoms with van der Waals surface area (Å²) in [5.74, 6) is 0.127. The van der Waals surface area contributed by atoms with E-state index in [2.05, 4.69) is 10.6 Å². The van der Waals surface area contributed by atoms with Gasteiger partial charge >= 0.3 is 5.97 Å². The molecule has 2 aromatic carbocycles. The van der Waals surface area contributed by atoms with Crippen molar-refractivity contribution in [1.29, 1.82) is 0 Å². The van der Waals surface area contributed by atoms with Crippen LogP contribution in [0, 0.1) is 6.92 Å². The van der Waals surface area contributed by atoms with Crippen molar-refractivity contribution in [3.63, 3.8) is 0 Å². The molecule has 1 aliphatic heterocycles. The number of carbonyl (C=O) groups excluding carboxylic acids is 2. The third-order valence-corrected chi connectivity index (χ3v) is 4.83. The van der Waals surface area contributed by atoms with Crippen LogP contribution in [0.4, 0.5) is 5.69 Å². The minimum absolute atomic E-state index is 0.0497. The highest BCUT2D eigenvalue weighted by Crippen LogP contribution is 2.30. The van der Waals surface area contributed by atoms with Gasteiger partial charge in [-0.2, -0.15) is 0 Å². The van der Waals surface area contributed by atoms with Gasteiger partial charge in [-0.25, -0.2) is 0 Å². The van der Waals surface area contributed by atoms with E-state index in [1.54, 1.807) is 7.11 Å². The van der Waals surface area contributed by atoms with Gasteiger partial charge in [-0.05, 0) is 35.7 Å². The quantitative estimate of drug-likeness (QED) is 0.767. The Morgan fingerprint density at radius 2 is 2.00 bits per heavy atom. The second-order valence-electron chi connectivity index (χ2n) is 6.63. The minimum atomic E-state index is -0.494. The van der Waals surface area contributed by atoms with Crippen molar-refractivity contribution in [2.45, 2.75) is 31.8 Å². The summed E-state index contributed by atoms with van der Waals surface area (Å²) in [5, 5.41) is 6.28. The molecule has 6 heteroatoms. The average Bonchev–Trinajstić information content (AvgIpc) is 3.13. The molecule has 2 N–H and O–H groups in total. The molecule has 1 amide bonds. The van der Waals surface area contributed by atoms with Crippen molar-refractivity contribution in [2.24, 2.45) is 0 Å². The molecule has 0 aliphatic carbocycles. The number of amides is 1. The van der Waals surface area contributed by atoms with Gasteiger partial charge in [0.05, 0.1) is 26.7 Å². The van der Waals surface area contributed by atoms with Crippen molar-refractivity contribution in [2.75, 3.05) is 19.5 Å². The lowest BCUT2D eigenvalue weighted by molar-refractivity contribution is -0.141. The fraction of sp³-hybridized carbons (Fsp3) is 0.333. The summed E-state index contributed by atoms with van der Waals surface area (Å²) in [7, 11) is 2.92. The number of anilines is 1. The molecule has 0 fully saturated rings. The van der Waals surface area contributed by atoms with Gasteiger partial charge in [0.2, 0.25) is 5.91 Å². The number of hydrogen-bond donors (Lipinski definition) is 2. The van der Waals surface area contributed by atoms with Crippen molar-refractivity contribution < 1.29 is 19.1 Å². The van der Waals surface area contributed by atoms with Crippen molar-refractivity contribution in [1.82, 2.24) is 5.32 Å². The monoisotopic (exact) mass is 368 g/mol. The summed E-state index contributed by atoms with van der Waals surface area (Å²) in [6.07, 6.45) is 0.667. The maximum Gasteiger partial charge on any atom is 0.307 e. The highest BCUT2D eigenvalue weighted by atomic mass is 16.5. The predicted octanol–water partition coefficient (Wildman–Crippen LogP) is 2.76. The van der Waals surface area contributed by atoms with Crippen molar-refractivity contribution in [3.05, 3.63) is 59.2 Å². The number of hydrogen-bond acceptors (Lipinski definition) is 5. The van der Waals surface area contributed by atoms with Crippen LogP contribution in [0.15, 0.2) is 42.5 Å². The number of methoxy groups -OCH3 is 2. The lowest BCUT2D eigenvalue weighted by Crippen LogP contribution is -2.41. The maximum atomic E-state index is 12.9. The van der Waals surface area contributed by atoms with E-state index in [0.29, 0.717) is 12.2 Å². The van der Waals surface area contributed by atoms with Crippen LogP contribution in [0.25, 0.3) is 0 Å². The third kappa shape index (κ3) is 4.22. The first-order valence-corrected chi connectivity index (χ1v) is 8.88. The third-order valence-electron chi connectivity index (χ3n) is 4.83. The normalized spacial score (nSPS) is 16.0. The molecule has 1 heterocycles. The summed E-state index contributed by atoms with van der Waals surface area (Å²) in [4.78, 5) is 24.7. The molecule has 0 spiro atoms. The molecule has 0 bridgehead atoms. The summed E-state index contributed by atoms with van der Waals surface area (Å²) in [6, 6.07) is 12.5. The van der Waals surface area contributed by atoms with E-state index in [4.69, 9.17) is 9.47 Å². The molecule has 0 saturated heterocycles. The number of carbonyl (C=O) groups is 2. The summed E-state index contributed by atoms with van der Waals surface area (Å²) >= 11 is 0. The van der Waals surface area contributed by atoms with Crippen LogP contribution in [0.1, 0.15) is 29.2 Å². The number of ether oxygens (including phenoxy) is 2. The maximum absolute atomic E-state index is 12.9. The molecular formula is C21H24N2O4. The average molecular weight is 368 g/mol. The Morgan fingerprint density at radius 3 is 2.70 bits per heavy atom. The number of rotatable bonds is 6. The smallest absolute Gasteiger partial charge is 0.307 e. The Kier molecular flexibility index (Phi) is 5.64. The first kappa shape index (κ1) is 18.8. The van der Waals surface area contributed by atoms with E-state index in [1.807, 2.05) is 49.4 Å². The van der Waals surface area contributed by atoms with Gasteiger partial charge in [-0.3, -0.25) is 9.59 Å². The fourth-order valence-corrected chi connectivity index (χ4v) is 3.34. The van der Waals surface area contributed by atoms with E-state index >= 15 is 0 Å². The van der Waals surface area contributed by atoms with Crippen LogP contribution in [-0.4, -0.2) is 32.1 Å². The first-order valence-electron chi connectivity index (χ1n) is 8.88. The topological polar surface area (TPSA) is 76.7 Å². The van der Waals surface area contributed by atoms with E-state index in [1.165, 1.54) is 7.11 Å². The Hall–Kier alpha value is -3.02. The zero-order valence-corrected chi connectivity index (χ0v) is 15.7. The summed E-state index contributed by atoms with van der Waals surface area (Å²) in [6.45, 7) is 2.02. The lowest BCUT2D eigenvalue weighted by atomic mass is 10.0. The zero-order valence-electron chi connectivity index (χ0n) is 15.7. The second kappa shape index (κ2) is 8.12. The SMILES string of the molecule is COC(=O)CC(NC(=O)C1Cc2cccc(C)c2N1)c1cccc(OC)c1. The van der Waals surface area contributed by atoms with Crippen molar-refractivity contribution in [3.8, 4) is 5.75 Å². The summed E-state index contributed by atoms with van der Waals surface area (Å²) < 4.78 is 10.1. The van der Waals surface area contributed by atoms with E-state index < -0.39 is 6.04 Å². The lowest BCUT2D eigenvalue weighted by Gasteiger charge is -2.21. The van der Waals surface area contributed by atoms with Gasteiger partial charge in [-0.1, -0.05) is 30.3 Å². The van der Waals surface area contributed by atoms with Gasteiger partial charge < -0.3 is 20.1 Å². The van der Waals surface area contributed by atoms with Gasteiger partial charge in [-0.15, -0.1) is 0 Å². The minimum Gasteiger partial charge on any atom is -0.497 e. The van der Waals surface area contributed by atoms with Crippen LogP contribution >= 0.6 is 0 Å². The molecule has 6 nitrogen and oxygen atoms in total. The number of esters is 1. The Morgan fingerprint density at radius 1 is 1.22 bits per heavy atom. The molecule has 0 radical (unpaired) electrons. The molecule has 142 valence electrons. The molecule has 1 aliphatic rings. The molecule has 3 rings (SSSR count). The van der Waals surface area contributed by atoms with Gasteiger partial charge in [0.15, 0.2) is 0 Å². The molecular weight excluding hydrogens is 344 g/mol. The highest BCUT2D eigenvalue weighted by molar-refractivity contribution is 5.88. The van der Waals surface area contributed by atoms with Crippen molar-refractivity contribution >= 4 is 17.6 Å². The Bertz CT molecular complexity index is 850. The molecule has 2 unspecified atom stereocenters. The second-order valence-corrected chi connectivity index (χ2v) is 6.63. The standard InChI is InChI=1S/C21H24N2O4/c1-13-6-4-8-15-11-18(22-20(13)15)21(25)23-17(12-19(24)27-3)14-7-5-9-16(10-14)26-2/h4-10,17-18,22H,11-12H2,1-3H3,(H,23,25).